The monoisotopic (exact) mass is 584 g/mol. The van der Waals surface area contributed by atoms with Gasteiger partial charge in [0.1, 0.15) is 23.2 Å². The molecule has 6 heteroatoms. The molecule has 4 N–H and O–H groups in total. The van der Waals surface area contributed by atoms with Crippen LogP contribution in [-0.2, 0) is 11.2 Å². The maximum absolute atomic E-state index is 12.2. The van der Waals surface area contributed by atoms with Crippen LogP contribution in [0.3, 0.4) is 0 Å². The molecule has 4 aromatic carbocycles. The van der Waals surface area contributed by atoms with Crippen LogP contribution in [0.25, 0.3) is 0 Å². The molecule has 220 valence electrons. The normalized spacial score (nSPS) is 11.3. The molecule has 0 aliphatic carbocycles. The van der Waals surface area contributed by atoms with Gasteiger partial charge in [0.2, 0.25) is 5.91 Å². The molecule has 4 aromatic rings. The Kier molecular flexibility index (Phi) is 11.8. The summed E-state index contributed by atoms with van der Waals surface area (Å²) in [6.45, 7) is 0.610. The van der Waals surface area contributed by atoms with Crippen molar-refractivity contribution < 1.29 is 20.1 Å². The average Bonchev–Trinajstić information content (AvgIpc) is 3.02. The molecule has 4 rings (SSSR count). The minimum atomic E-state index is -1.74. The maximum atomic E-state index is 12.2. The molecule has 0 unspecified atom stereocenters. The predicted octanol–water partition coefficient (Wildman–Crippen LogP) is 6.58. The second-order valence-corrected chi connectivity index (χ2v) is 14.5. The molecule has 0 aliphatic rings. The number of benzene rings is 4. The SMILES string of the molecule is O=C(Cc1cc(O)c(O)c(O)c1)NCCCCCCCCCC[P+](c1ccccc1)(c1ccccc1)c1ccccc1. The van der Waals surface area contributed by atoms with Crippen LogP contribution in [0.4, 0.5) is 0 Å². The summed E-state index contributed by atoms with van der Waals surface area (Å²) < 4.78 is 0. The smallest absolute Gasteiger partial charge is 0.224 e. The molecule has 5 nitrogen and oxygen atoms in total. The first-order chi connectivity index (χ1) is 20.5. The number of unbranched alkanes of at least 4 members (excludes halogenated alkanes) is 7. The van der Waals surface area contributed by atoms with E-state index in [0.717, 1.165) is 19.3 Å². The molecule has 1 amide bonds. The lowest BCUT2D eigenvalue weighted by Gasteiger charge is -2.27. The van der Waals surface area contributed by atoms with Crippen molar-refractivity contribution in [2.75, 3.05) is 12.7 Å². The number of nitrogens with one attached hydrogen (secondary N) is 1. The standard InChI is InChI=1S/C36H42NO4P/c38-33-26-29(27-34(39)36(33)41)28-35(40)37-24-16-5-3-1-2-4-6-17-25-42(30-18-10-7-11-19-30,31-20-12-8-13-21-31)32-22-14-9-15-23-32/h7-15,18-23,26-27H,1-6,16-17,24-25,28H2,(H3-,37,38,39,40,41)/p+1. The summed E-state index contributed by atoms with van der Waals surface area (Å²) in [6, 6.07) is 35.9. The zero-order valence-electron chi connectivity index (χ0n) is 24.3. The van der Waals surface area contributed by atoms with E-state index in [-0.39, 0.29) is 12.3 Å². The first-order valence-corrected chi connectivity index (χ1v) is 17.0. The van der Waals surface area contributed by atoms with Gasteiger partial charge in [-0.3, -0.25) is 4.79 Å². The lowest BCUT2D eigenvalue weighted by Crippen LogP contribution is -2.33. The van der Waals surface area contributed by atoms with Gasteiger partial charge in [-0.2, -0.15) is 0 Å². The van der Waals surface area contributed by atoms with Crippen molar-refractivity contribution in [3.63, 3.8) is 0 Å². The van der Waals surface area contributed by atoms with E-state index in [1.165, 1.54) is 66.3 Å². The minimum absolute atomic E-state index is 0.0454. The van der Waals surface area contributed by atoms with Crippen molar-refractivity contribution in [2.45, 2.75) is 57.8 Å². The molecule has 0 saturated heterocycles. The molecule has 0 saturated carbocycles. The highest BCUT2D eigenvalue weighted by Gasteiger charge is 2.44. The lowest BCUT2D eigenvalue weighted by atomic mass is 10.1. The molecular formula is C36H43NO4P+. The molecule has 0 heterocycles. The van der Waals surface area contributed by atoms with Crippen LogP contribution < -0.4 is 21.2 Å². The fourth-order valence-electron chi connectivity index (χ4n) is 5.66. The Labute approximate surface area is 250 Å². The van der Waals surface area contributed by atoms with Gasteiger partial charge < -0.3 is 20.6 Å². The summed E-state index contributed by atoms with van der Waals surface area (Å²) in [5.41, 5.74) is 0.455. The van der Waals surface area contributed by atoms with Gasteiger partial charge in [-0.05, 0) is 73.4 Å². The van der Waals surface area contributed by atoms with Crippen molar-refractivity contribution >= 4 is 29.1 Å². The molecular weight excluding hydrogens is 541 g/mol. The van der Waals surface area contributed by atoms with Crippen LogP contribution in [0.5, 0.6) is 17.2 Å². The Morgan fingerprint density at radius 1 is 0.571 bits per heavy atom. The number of hydrogen-bond donors (Lipinski definition) is 4. The number of phenols is 3. The minimum Gasteiger partial charge on any atom is -0.504 e. The van der Waals surface area contributed by atoms with Crippen molar-refractivity contribution in [3.8, 4) is 17.2 Å². The van der Waals surface area contributed by atoms with E-state index in [9.17, 15) is 20.1 Å². The number of amides is 1. The van der Waals surface area contributed by atoms with E-state index in [4.69, 9.17) is 0 Å². The van der Waals surface area contributed by atoms with E-state index in [2.05, 4.69) is 96.3 Å². The van der Waals surface area contributed by atoms with Gasteiger partial charge in [0, 0.05) is 6.54 Å². The third kappa shape index (κ3) is 8.36. The quantitative estimate of drug-likeness (QED) is 0.0681. The van der Waals surface area contributed by atoms with E-state index >= 15 is 0 Å². The van der Waals surface area contributed by atoms with Crippen molar-refractivity contribution in [3.05, 3.63) is 109 Å². The Balaban J connectivity index is 1.18. The van der Waals surface area contributed by atoms with Crippen molar-refractivity contribution in [1.82, 2.24) is 5.32 Å². The van der Waals surface area contributed by atoms with Gasteiger partial charge in [-0.1, -0.05) is 86.7 Å². The molecule has 0 spiro atoms. The van der Waals surface area contributed by atoms with E-state index in [1.807, 2.05) is 0 Å². The van der Waals surface area contributed by atoms with Crippen LogP contribution in [0, 0.1) is 0 Å². The van der Waals surface area contributed by atoms with Gasteiger partial charge >= 0.3 is 0 Å². The lowest BCUT2D eigenvalue weighted by molar-refractivity contribution is -0.120. The second kappa shape index (κ2) is 16.0. The largest absolute Gasteiger partial charge is 0.504 e. The highest BCUT2D eigenvalue weighted by molar-refractivity contribution is 7.95. The molecule has 42 heavy (non-hydrogen) atoms. The summed E-state index contributed by atoms with van der Waals surface area (Å²) in [5.74, 6) is -1.59. The predicted molar refractivity (Wildman–Crippen MR) is 175 cm³/mol. The fourth-order valence-corrected chi connectivity index (χ4v) is 10.1. The summed E-state index contributed by atoms with van der Waals surface area (Å²) in [5, 5.41) is 35.9. The number of hydrogen-bond acceptors (Lipinski definition) is 4. The highest BCUT2D eigenvalue weighted by atomic mass is 31.2. The van der Waals surface area contributed by atoms with Gasteiger partial charge in [0.05, 0.1) is 12.6 Å². The molecule has 0 atom stereocenters. The highest BCUT2D eigenvalue weighted by Crippen LogP contribution is 2.56. The van der Waals surface area contributed by atoms with Crippen LogP contribution in [-0.4, -0.2) is 33.9 Å². The number of carbonyl (C=O) groups is 1. The zero-order chi connectivity index (χ0) is 29.6. The van der Waals surface area contributed by atoms with Gasteiger partial charge in [0.25, 0.3) is 0 Å². The Morgan fingerprint density at radius 2 is 0.976 bits per heavy atom. The molecule has 0 radical (unpaired) electrons. The number of rotatable bonds is 16. The number of aromatic hydroxyl groups is 3. The average molecular weight is 585 g/mol. The van der Waals surface area contributed by atoms with E-state index in [0.29, 0.717) is 12.1 Å². The Hall–Kier alpha value is -3.82. The van der Waals surface area contributed by atoms with Gasteiger partial charge in [0.15, 0.2) is 17.2 Å². The summed E-state index contributed by atoms with van der Waals surface area (Å²) in [7, 11) is -1.74. The summed E-state index contributed by atoms with van der Waals surface area (Å²) in [4.78, 5) is 12.2. The molecule has 0 fully saturated rings. The molecule has 0 bridgehead atoms. The van der Waals surface area contributed by atoms with Crippen LogP contribution in [0.1, 0.15) is 56.9 Å². The fraction of sp³-hybridized carbons (Fsp3) is 0.306. The number of phenolic OH excluding ortho intramolecular Hbond substituents is 3. The van der Waals surface area contributed by atoms with Crippen LogP contribution in [0.15, 0.2) is 103 Å². The van der Waals surface area contributed by atoms with E-state index in [1.54, 1.807) is 0 Å². The molecule has 0 aromatic heterocycles. The maximum Gasteiger partial charge on any atom is 0.224 e. The second-order valence-electron chi connectivity index (χ2n) is 10.9. The summed E-state index contributed by atoms with van der Waals surface area (Å²) >= 11 is 0. The van der Waals surface area contributed by atoms with Crippen LogP contribution >= 0.6 is 7.26 Å². The third-order valence-electron chi connectivity index (χ3n) is 7.83. The topological polar surface area (TPSA) is 89.8 Å². The van der Waals surface area contributed by atoms with Crippen LogP contribution in [0.2, 0.25) is 0 Å². The van der Waals surface area contributed by atoms with E-state index < -0.39 is 24.5 Å². The third-order valence-corrected chi connectivity index (χ3v) is 12.4. The summed E-state index contributed by atoms with van der Waals surface area (Å²) in [6.07, 6.45) is 10.5. The van der Waals surface area contributed by atoms with Crippen molar-refractivity contribution in [2.24, 2.45) is 0 Å². The van der Waals surface area contributed by atoms with Gasteiger partial charge in [-0.15, -0.1) is 0 Å². The number of carbonyl (C=O) groups excluding carboxylic acids is 1. The zero-order valence-corrected chi connectivity index (χ0v) is 25.2. The van der Waals surface area contributed by atoms with Crippen molar-refractivity contribution in [1.29, 1.82) is 0 Å². The Morgan fingerprint density at radius 3 is 1.43 bits per heavy atom. The van der Waals surface area contributed by atoms with Gasteiger partial charge in [-0.25, -0.2) is 0 Å². The Bertz CT molecular complexity index is 1260. The first-order valence-electron chi connectivity index (χ1n) is 15.1. The molecule has 0 aliphatic heterocycles. The first kappa shape index (κ1) is 31.1.